The molecule has 0 saturated carbocycles. The number of fused-ring (bicyclic) bond motifs is 1. The summed E-state index contributed by atoms with van der Waals surface area (Å²) < 4.78 is 42.7. The fourth-order valence-electron chi connectivity index (χ4n) is 2.83. The molecule has 3 aromatic heterocycles. The zero-order chi connectivity index (χ0) is 18.1. The second-order valence-electron chi connectivity index (χ2n) is 5.72. The van der Waals surface area contributed by atoms with E-state index in [0.29, 0.717) is 12.1 Å². The lowest BCUT2D eigenvalue weighted by molar-refractivity contribution is -0.274. The van der Waals surface area contributed by atoms with Crippen molar-refractivity contribution in [2.24, 2.45) is 0 Å². The van der Waals surface area contributed by atoms with Gasteiger partial charge in [0.1, 0.15) is 11.4 Å². The minimum absolute atomic E-state index is 0.245. The molecule has 0 bridgehead atoms. The number of nitrogens with zero attached hydrogens (tertiary/aromatic N) is 3. The molecule has 26 heavy (non-hydrogen) atoms. The summed E-state index contributed by atoms with van der Waals surface area (Å²) in [4.78, 5) is 7.31. The number of alkyl halides is 3. The van der Waals surface area contributed by atoms with Crippen molar-refractivity contribution < 1.29 is 17.9 Å². The van der Waals surface area contributed by atoms with Gasteiger partial charge in [0.25, 0.3) is 0 Å². The van der Waals surface area contributed by atoms with E-state index >= 15 is 0 Å². The molecular weight excluding hydrogens is 345 g/mol. The van der Waals surface area contributed by atoms with Crippen LogP contribution in [0.1, 0.15) is 5.56 Å². The molecule has 4 aromatic rings. The van der Waals surface area contributed by atoms with Gasteiger partial charge < -0.3 is 9.72 Å². The highest BCUT2D eigenvalue weighted by molar-refractivity contribution is 5.92. The van der Waals surface area contributed by atoms with Crippen LogP contribution < -0.4 is 4.74 Å². The lowest BCUT2D eigenvalue weighted by Crippen LogP contribution is -2.17. The number of ether oxygens (including phenoxy) is 1. The average molecular weight is 358 g/mol. The summed E-state index contributed by atoms with van der Waals surface area (Å²) in [5, 5.41) is 5.29. The molecule has 0 atom stereocenters. The first kappa shape index (κ1) is 16.2. The van der Waals surface area contributed by atoms with Crippen LogP contribution in [0.4, 0.5) is 13.2 Å². The smallest absolute Gasteiger partial charge is 0.406 e. The van der Waals surface area contributed by atoms with E-state index in [2.05, 4.69) is 19.8 Å². The Morgan fingerprint density at radius 2 is 2.04 bits per heavy atom. The van der Waals surface area contributed by atoms with Crippen LogP contribution in [0.2, 0.25) is 0 Å². The Hall–Kier alpha value is -3.29. The Morgan fingerprint density at radius 3 is 2.88 bits per heavy atom. The summed E-state index contributed by atoms with van der Waals surface area (Å²) in [7, 11) is 0. The van der Waals surface area contributed by atoms with E-state index in [9.17, 15) is 13.2 Å². The number of rotatable bonds is 4. The SMILES string of the molecule is FC(F)(F)Oc1cccc(Cn2cc(-c3ccnc4[nH]ccc34)cn2)c1. The van der Waals surface area contributed by atoms with E-state index in [1.807, 2.05) is 24.5 Å². The van der Waals surface area contributed by atoms with Crippen LogP contribution in [-0.2, 0) is 6.54 Å². The zero-order valence-electron chi connectivity index (χ0n) is 13.4. The summed E-state index contributed by atoms with van der Waals surface area (Å²) in [6, 6.07) is 9.70. The normalized spacial score (nSPS) is 11.8. The fourth-order valence-corrected chi connectivity index (χ4v) is 2.83. The molecule has 0 unspecified atom stereocenters. The monoisotopic (exact) mass is 358 g/mol. The number of pyridine rings is 1. The molecule has 0 aliphatic carbocycles. The third kappa shape index (κ3) is 3.39. The fraction of sp³-hybridized carbons (Fsp3) is 0.111. The standard InChI is InChI=1S/C18H13F3N4O/c19-18(20,21)26-14-3-1-2-12(8-14)10-25-11-13(9-24-25)15-4-6-22-17-16(15)5-7-23-17/h1-9,11H,10H2,(H,22,23). The summed E-state index contributed by atoms with van der Waals surface area (Å²) in [5.41, 5.74) is 3.33. The number of hydrogen-bond donors (Lipinski definition) is 1. The van der Waals surface area contributed by atoms with Gasteiger partial charge in [0.05, 0.1) is 12.7 Å². The quantitative estimate of drug-likeness (QED) is 0.589. The second-order valence-corrected chi connectivity index (χ2v) is 5.72. The number of aromatic amines is 1. The number of nitrogens with one attached hydrogen (secondary N) is 1. The maximum Gasteiger partial charge on any atom is 0.573 e. The van der Waals surface area contributed by atoms with Crippen molar-refractivity contribution >= 4 is 11.0 Å². The highest BCUT2D eigenvalue weighted by atomic mass is 19.4. The molecule has 3 heterocycles. The van der Waals surface area contributed by atoms with E-state index in [-0.39, 0.29) is 5.75 Å². The van der Waals surface area contributed by atoms with Crippen LogP contribution in [-0.4, -0.2) is 26.1 Å². The van der Waals surface area contributed by atoms with Crippen LogP contribution in [0.25, 0.3) is 22.2 Å². The first-order valence-electron chi connectivity index (χ1n) is 7.77. The molecule has 1 aromatic carbocycles. The summed E-state index contributed by atoms with van der Waals surface area (Å²) >= 11 is 0. The molecule has 132 valence electrons. The van der Waals surface area contributed by atoms with Gasteiger partial charge >= 0.3 is 6.36 Å². The Labute approximate surface area is 146 Å². The molecule has 0 aliphatic heterocycles. The van der Waals surface area contributed by atoms with Crippen LogP contribution in [0.5, 0.6) is 5.75 Å². The van der Waals surface area contributed by atoms with Crippen LogP contribution in [0.15, 0.2) is 61.2 Å². The molecule has 1 N–H and O–H groups in total. The maximum atomic E-state index is 12.3. The van der Waals surface area contributed by atoms with Gasteiger partial charge in [0, 0.05) is 29.5 Å². The van der Waals surface area contributed by atoms with E-state index in [0.717, 1.165) is 22.2 Å². The summed E-state index contributed by atoms with van der Waals surface area (Å²) in [6.07, 6.45) is 2.39. The van der Waals surface area contributed by atoms with Gasteiger partial charge in [0.15, 0.2) is 0 Å². The molecule has 5 nitrogen and oxygen atoms in total. The van der Waals surface area contributed by atoms with E-state index in [4.69, 9.17) is 0 Å². The van der Waals surface area contributed by atoms with Gasteiger partial charge in [-0.3, -0.25) is 4.68 Å². The van der Waals surface area contributed by atoms with Gasteiger partial charge in [-0.05, 0) is 35.4 Å². The minimum atomic E-state index is -4.71. The molecule has 0 amide bonds. The van der Waals surface area contributed by atoms with Crippen LogP contribution in [0, 0.1) is 0 Å². The predicted octanol–water partition coefficient (Wildman–Crippen LogP) is 4.37. The van der Waals surface area contributed by atoms with Crippen molar-refractivity contribution in [2.45, 2.75) is 12.9 Å². The molecule has 0 saturated heterocycles. The highest BCUT2D eigenvalue weighted by Gasteiger charge is 2.31. The van der Waals surface area contributed by atoms with Gasteiger partial charge in [-0.25, -0.2) is 4.98 Å². The first-order chi connectivity index (χ1) is 12.5. The summed E-state index contributed by atoms with van der Waals surface area (Å²) in [6.45, 7) is 0.330. The number of aromatic nitrogens is 4. The summed E-state index contributed by atoms with van der Waals surface area (Å²) in [5.74, 6) is -0.245. The highest BCUT2D eigenvalue weighted by Crippen LogP contribution is 2.27. The molecule has 8 heteroatoms. The van der Waals surface area contributed by atoms with E-state index < -0.39 is 6.36 Å². The van der Waals surface area contributed by atoms with Crippen molar-refractivity contribution in [1.82, 2.24) is 19.7 Å². The van der Waals surface area contributed by atoms with E-state index in [1.54, 1.807) is 23.1 Å². The average Bonchev–Trinajstić information content (AvgIpc) is 3.22. The van der Waals surface area contributed by atoms with Crippen molar-refractivity contribution in [3.63, 3.8) is 0 Å². The number of H-pyrrole nitrogens is 1. The number of halogens is 3. The van der Waals surface area contributed by atoms with Crippen molar-refractivity contribution in [2.75, 3.05) is 0 Å². The Bertz CT molecular complexity index is 1050. The van der Waals surface area contributed by atoms with Crippen LogP contribution >= 0.6 is 0 Å². The largest absolute Gasteiger partial charge is 0.573 e. The first-order valence-corrected chi connectivity index (χ1v) is 7.77. The third-order valence-electron chi connectivity index (χ3n) is 3.88. The van der Waals surface area contributed by atoms with Crippen molar-refractivity contribution in [3.05, 3.63) is 66.7 Å². The lowest BCUT2D eigenvalue weighted by Gasteiger charge is -2.10. The molecular formula is C18H13F3N4O. The van der Waals surface area contributed by atoms with Crippen molar-refractivity contribution in [1.29, 1.82) is 0 Å². The Kier molecular flexibility index (Phi) is 3.87. The molecule has 0 radical (unpaired) electrons. The minimum Gasteiger partial charge on any atom is -0.406 e. The maximum absolute atomic E-state index is 12.3. The third-order valence-corrected chi connectivity index (χ3v) is 3.88. The molecule has 0 aliphatic rings. The molecule has 0 spiro atoms. The number of benzene rings is 1. The zero-order valence-corrected chi connectivity index (χ0v) is 13.4. The van der Waals surface area contributed by atoms with Gasteiger partial charge in [-0.15, -0.1) is 13.2 Å². The number of hydrogen-bond acceptors (Lipinski definition) is 3. The Balaban J connectivity index is 1.58. The molecule has 4 rings (SSSR count). The predicted molar refractivity (Wildman–Crippen MR) is 89.5 cm³/mol. The second kappa shape index (κ2) is 6.21. The topological polar surface area (TPSA) is 55.7 Å². The van der Waals surface area contributed by atoms with Gasteiger partial charge in [0.2, 0.25) is 0 Å². The van der Waals surface area contributed by atoms with Crippen molar-refractivity contribution in [3.8, 4) is 16.9 Å². The van der Waals surface area contributed by atoms with Gasteiger partial charge in [-0.2, -0.15) is 5.10 Å². The van der Waals surface area contributed by atoms with Crippen LogP contribution in [0.3, 0.4) is 0 Å². The molecule has 0 fully saturated rings. The van der Waals surface area contributed by atoms with Gasteiger partial charge in [-0.1, -0.05) is 12.1 Å². The lowest BCUT2D eigenvalue weighted by atomic mass is 10.1. The Morgan fingerprint density at radius 1 is 1.15 bits per heavy atom. The van der Waals surface area contributed by atoms with E-state index in [1.165, 1.54) is 18.2 Å².